The van der Waals surface area contributed by atoms with E-state index in [4.69, 9.17) is 0 Å². The van der Waals surface area contributed by atoms with Gasteiger partial charge in [-0.25, -0.2) is 0 Å². The van der Waals surface area contributed by atoms with Crippen LogP contribution >= 0.6 is 23.5 Å². The van der Waals surface area contributed by atoms with Crippen LogP contribution in [0.15, 0.2) is 5.03 Å². The quantitative estimate of drug-likeness (QED) is 0.778. The van der Waals surface area contributed by atoms with Crippen LogP contribution < -0.4 is 0 Å². The van der Waals surface area contributed by atoms with Crippen molar-refractivity contribution in [3.63, 3.8) is 0 Å². The van der Waals surface area contributed by atoms with E-state index in [1.54, 1.807) is 0 Å². The van der Waals surface area contributed by atoms with E-state index in [0.717, 1.165) is 11.8 Å². The second kappa shape index (κ2) is 6.10. The zero-order valence-electron chi connectivity index (χ0n) is 11.8. The van der Waals surface area contributed by atoms with E-state index >= 15 is 0 Å². The summed E-state index contributed by atoms with van der Waals surface area (Å²) < 4.78 is 9.19. The Morgan fingerprint density at radius 3 is 2.74 bits per heavy atom. The normalized spacial score (nSPS) is 30.2. The van der Waals surface area contributed by atoms with Crippen LogP contribution in [0, 0.1) is 11.8 Å². The van der Waals surface area contributed by atoms with E-state index in [1.165, 1.54) is 67.1 Å². The molecule has 0 aliphatic carbocycles. The number of thioether (sulfide) groups is 1. The molecule has 0 saturated carbocycles. The number of hydrogen-bond donors (Lipinski definition) is 0. The van der Waals surface area contributed by atoms with Crippen molar-refractivity contribution in [3.8, 4) is 0 Å². The highest BCUT2D eigenvalue weighted by molar-refractivity contribution is 7.99. The van der Waals surface area contributed by atoms with Gasteiger partial charge in [0.05, 0.1) is 17.4 Å². The Morgan fingerprint density at radius 2 is 2.11 bits per heavy atom. The van der Waals surface area contributed by atoms with E-state index < -0.39 is 0 Å². The fraction of sp³-hybridized carbons (Fsp3) is 0.857. The number of fused-ring (bicyclic) bond motifs is 3. The molecule has 3 aliphatic heterocycles. The summed E-state index contributed by atoms with van der Waals surface area (Å²) in [5.41, 5.74) is 1.31. The minimum atomic E-state index is 0.655. The van der Waals surface area contributed by atoms with Gasteiger partial charge in [-0.1, -0.05) is 13.8 Å². The molecule has 3 nitrogen and oxygen atoms in total. The van der Waals surface area contributed by atoms with Crippen molar-refractivity contribution in [2.45, 2.75) is 44.1 Å². The molecule has 4 rings (SSSR count). The van der Waals surface area contributed by atoms with E-state index in [0.29, 0.717) is 5.92 Å². The first-order valence-electron chi connectivity index (χ1n) is 7.41. The Labute approximate surface area is 124 Å². The summed E-state index contributed by atoms with van der Waals surface area (Å²) in [4.78, 5) is 2.60. The van der Waals surface area contributed by atoms with E-state index in [2.05, 4.69) is 27.5 Å². The first-order chi connectivity index (χ1) is 9.24. The van der Waals surface area contributed by atoms with Crippen molar-refractivity contribution < 1.29 is 0 Å². The zero-order chi connectivity index (χ0) is 13.2. The summed E-state index contributed by atoms with van der Waals surface area (Å²) in [5.74, 6) is 3.47. The lowest BCUT2D eigenvalue weighted by Crippen LogP contribution is -2.46. The molecule has 2 bridgehead atoms. The maximum atomic E-state index is 4.64. The third kappa shape index (κ3) is 3.14. The number of hydrogen-bond acceptors (Lipinski definition) is 5. The predicted molar refractivity (Wildman–Crippen MR) is 82.0 cm³/mol. The van der Waals surface area contributed by atoms with Gasteiger partial charge in [0.15, 0.2) is 0 Å². The summed E-state index contributed by atoms with van der Waals surface area (Å²) in [6.07, 6.45) is 3.98. The SMILES string of the molecule is CC(C)CCSc1nsnc1C1CN2CCC1CC2. The Bertz CT molecular complexity index is 411. The van der Waals surface area contributed by atoms with Gasteiger partial charge in [-0.05, 0) is 49.9 Å². The third-order valence-corrected chi connectivity index (χ3v) is 6.10. The number of rotatable bonds is 5. The summed E-state index contributed by atoms with van der Waals surface area (Å²) in [5, 5.41) is 1.23. The molecule has 1 atom stereocenters. The molecule has 3 saturated heterocycles. The maximum Gasteiger partial charge on any atom is 0.134 e. The Balaban J connectivity index is 1.66. The molecule has 1 aromatic rings. The molecule has 106 valence electrons. The molecule has 3 aliphatic rings. The monoisotopic (exact) mass is 297 g/mol. The zero-order valence-corrected chi connectivity index (χ0v) is 13.5. The van der Waals surface area contributed by atoms with Crippen LogP contribution in [0.4, 0.5) is 0 Å². The molecule has 5 heteroatoms. The molecular weight excluding hydrogens is 274 g/mol. The van der Waals surface area contributed by atoms with Crippen LogP contribution in [0.1, 0.15) is 44.7 Å². The second-order valence-electron chi connectivity index (χ2n) is 6.23. The topological polar surface area (TPSA) is 29.0 Å². The van der Waals surface area contributed by atoms with Crippen molar-refractivity contribution in [3.05, 3.63) is 5.69 Å². The smallest absolute Gasteiger partial charge is 0.134 e. The Hall–Kier alpha value is -0.130. The van der Waals surface area contributed by atoms with Crippen LogP contribution in [0.25, 0.3) is 0 Å². The van der Waals surface area contributed by atoms with Crippen LogP contribution in [-0.2, 0) is 0 Å². The third-order valence-electron chi connectivity index (χ3n) is 4.42. The van der Waals surface area contributed by atoms with Gasteiger partial charge in [0.1, 0.15) is 5.03 Å². The average molecular weight is 297 g/mol. The predicted octanol–water partition coefficient (Wildman–Crippen LogP) is 3.49. The standard InChI is InChI=1S/C14H23N3S2/c1-10(2)5-8-18-14-13(15-19-16-14)12-9-17-6-3-11(12)4-7-17/h10-12H,3-9H2,1-2H3. The largest absolute Gasteiger partial charge is 0.303 e. The summed E-state index contributed by atoms with van der Waals surface area (Å²) in [7, 11) is 0. The van der Waals surface area contributed by atoms with Gasteiger partial charge < -0.3 is 4.90 Å². The van der Waals surface area contributed by atoms with Crippen LogP contribution in [0.5, 0.6) is 0 Å². The number of piperidine rings is 3. The number of nitrogens with zero attached hydrogens (tertiary/aromatic N) is 3. The fourth-order valence-corrected chi connectivity index (χ4v) is 5.19. The van der Waals surface area contributed by atoms with E-state index in [-0.39, 0.29) is 0 Å². The van der Waals surface area contributed by atoms with E-state index in [1.807, 2.05) is 11.8 Å². The molecule has 1 aromatic heterocycles. The van der Waals surface area contributed by atoms with Gasteiger partial charge in [0, 0.05) is 12.5 Å². The van der Waals surface area contributed by atoms with Gasteiger partial charge in [0.2, 0.25) is 0 Å². The highest BCUT2D eigenvalue weighted by Gasteiger charge is 2.37. The molecule has 0 radical (unpaired) electrons. The minimum absolute atomic E-state index is 0.655. The lowest BCUT2D eigenvalue weighted by atomic mass is 9.78. The van der Waals surface area contributed by atoms with Crippen molar-refractivity contribution in [1.82, 2.24) is 13.6 Å². The molecular formula is C14H23N3S2. The van der Waals surface area contributed by atoms with Gasteiger partial charge in [-0.2, -0.15) is 8.75 Å². The van der Waals surface area contributed by atoms with Gasteiger partial charge >= 0.3 is 0 Å². The van der Waals surface area contributed by atoms with Crippen molar-refractivity contribution in [1.29, 1.82) is 0 Å². The maximum absolute atomic E-state index is 4.64. The minimum Gasteiger partial charge on any atom is -0.303 e. The molecule has 0 amide bonds. The molecule has 3 fully saturated rings. The molecule has 19 heavy (non-hydrogen) atoms. The van der Waals surface area contributed by atoms with Crippen LogP contribution in [-0.4, -0.2) is 39.0 Å². The van der Waals surface area contributed by atoms with Crippen LogP contribution in [0.2, 0.25) is 0 Å². The van der Waals surface area contributed by atoms with Gasteiger partial charge in [-0.3, -0.25) is 0 Å². The summed E-state index contributed by atoms with van der Waals surface area (Å²) in [6, 6.07) is 0. The molecule has 0 spiro atoms. The van der Waals surface area contributed by atoms with Gasteiger partial charge in [-0.15, -0.1) is 11.8 Å². The van der Waals surface area contributed by atoms with Crippen molar-refractivity contribution in [2.75, 3.05) is 25.4 Å². The first-order valence-corrected chi connectivity index (χ1v) is 9.13. The first kappa shape index (κ1) is 13.8. The highest BCUT2D eigenvalue weighted by atomic mass is 32.2. The molecule has 1 unspecified atom stereocenters. The van der Waals surface area contributed by atoms with E-state index in [9.17, 15) is 0 Å². The Kier molecular flexibility index (Phi) is 4.44. The van der Waals surface area contributed by atoms with Crippen molar-refractivity contribution in [2.24, 2.45) is 11.8 Å². The van der Waals surface area contributed by atoms with Gasteiger partial charge in [0.25, 0.3) is 0 Å². The summed E-state index contributed by atoms with van der Waals surface area (Å²) in [6.45, 7) is 8.39. The fourth-order valence-electron chi connectivity index (χ4n) is 3.18. The lowest BCUT2D eigenvalue weighted by Gasteiger charge is -2.44. The molecule has 0 aromatic carbocycles. The Morgan fingerprint density at radius 1 is 1.32 bits per heavy atom. The molecule has 4 heterocycles. The molecule has 0 N–H and O–H groups in total. The number of aromatic nitrogens is 2. The second-order valence-corrected chi connectivity index (χ2v) is 7.84. The highest BCUT2D eigenvalue weighted by Crippen LogP contribution is 2.41. The van der Waals surface area contributed by atoms with Crippen molar-refractivity contribution >= 4 is 23.5 Å². The lowest BCUT2D eigenvalue weighted by molar-refractivity contribution is 0.0846. The average Bonchev–Trinajstić information content (AvgIpc) is 2.88. The summed E-state index contributed by atoms with van der Waals surface area (Å²) >= 11 is 3.33. The van der Waals surface area contributed by atoms with Crippen LogP contribution in [0.3, 0.4) is 0 Å².